The van der Waals surface area contributed by atoms with Crippen LogP contribution in [0.3, 0.4) is 0 Å². The standard InChI is InChI=1S/C19H23N3O2/c1-13(2)22-12-15(11-18(22)23)19(24)20-10-9-16-8-7-14-5-3-4-6-17(14)21-16/h3-8,13,15H,9-12H2,1-2H3,(H,20,24)/t15-/m0/s1. The van der Waals surface area contributed by atoms with E-state index < -0.39 is 0 Å². The summed E-state index contributed by atoms with van der Waals surface area (Å²) in [7, 11) is 0. The number of nitrogens with one attached hydrogen (secondary N) is 1. The molecule has 0 unspecified atom stereocenters. The number of benzene rings is 1. The number of amides is 2. The first-order chi connectivity index (χ1) is 11.5. The molecule has 1 fully saturated rings. The van der Waals surface area contributed by atoms with Crippen molar-refractivity contribution in [2.45, 2.75) is 32.7 Å². The van der Waals surface area contributed by atoms with Crippen molar-refractivity contribution in [3.05, 3.63) is 42.1 Å². The first-order valence-electron chi connectivity index (χ1n) is 8.46. The van der Waals surface area contributed by atoms with Crippen LogP contribution in [-0.4, -0.2) is 40.8 Å². The maximum atomic E-state index is 12.3. The predicted octanol–water partition coefficient (Wildman–Crippen LogP) is 2.15. The first kappa shape index (κ1) is 16.4. The van der Waals surface area contributed by atoms with E-state index in [1.165, 1.54) is 0 Å². The highest BCUT2D eigenvalue weighted by Crippen LogP contribution is 2.20. The molecule has 2 heterocycles. The number of para-hydroxylation sites is 1. The fourth-order valence-corrected chi connectivity index (χ4v) is 3.11. The summed E-state index contributed by atoms with van der Waals surface area (Å²) in [5.74, 6) is -0.196. The average molecular weight is 325 g/mol. The van der Waals surface area contributed by atoms with Crippen molar-refractivity contribution in [1.29, 1.82) is 0 Å². The average Bonchev–Trinajstić information content (AvgIpc) is 2.97. The van der Waals surface area contributed by atoms with E-state index in [0.29, 0.717) is 25.9 Å². The second kappa shape index (κ2) is 6.99. The van der Waals surface area contributed by atoms with Crippen LogP contribution in [0.5, 0.6) is 0 Å². The van der Waals surface area contributed by atoms with Gasteiger partial charge in [-0.1, -0.05) is 24.3 Å². The number of hydrogen-bond donors (Lipinski definition) is 1. The lowest BCUT2D eigenvalue weighted by molar-refractivity contribution is -0.129. The fraction of sp³-hybridized carbons (Fsp3) is 0.421. The number of pyridine rings is 1. The Morgan fingerprint density at radius 3 is 2.83 bits per heavy atom. The van der Waals surface area contributed by atoms with Crippen LogP contribution in [-0.2, 0) is 16.0 Å². The van der Waals surface area contributed by atoms with Gasteiger partial charge in [-0.25, -0.2) is 0 Å². The number of fused-ring (bicyclic) bond motifs is 1. The molecule has 2 aromatic rings. The van der Waals surface area contributed by atoms with Gasteiger partial charge in [-0.2, -0.15) is 0 Å². The first-order valence-corrected chi connectivity index (χ1v) is 8.46. The molecule has 1 N–H and O–H groups in total. The molecule has 0 radical (unpaired) electrons. The van der Waals surface area contributed by atoms with Crippen LogP contribution >= 0.6 is 0 Å². The number of hydrogen-bond acceptors (Lipinski definition) is 3. The van der Waals surface area contributed by atoms with E-state index in [0.717, 1.165) is 16.6 Å². The third kappa shape index (κ3) is 3.55. The van der Waals surface area contributed by atoms with Crippen molar-refractivity contribution >= 4 is 22.7 Å². The van der Waals surface area contributed by atoms with E-state index in [2.05, 4.69) is 16.4 Å². The molecule has 0 saturated carbocycles. The van der Waals surface area contributed by atoms with Gasteiger partial charge in [-0.15, -0.1) is 0 Å². The largest absolute Gasteiger partial charge is 0.355 e. The molecular weight excluding hydrogens is 302 g/mol. The highest BCUT2D eigenvalue weighted by molar-refractivity contribution is 5.89. The molecule has 126 valence electrons. The Balaban J connectivity index is 1.52. The Morgan fingerprint density at radius 2 is 2.08 bits per heavy atom. The van der Waals surface area contributed by atoms with Crippen LogP contribution in [0.25, 0.3) is 10.9 Å². The summed E-state index contributed by atoms with van der Waals surface area (Å²) in [4.78, 5) is 30.5. The van der Waals surface area contributed by atoms with Crippen LogP contribution in [0.2, 0.25) is 0 Å². The van der Waals surface area contributed by atoms with Crippen LogP contribution in [0.15, 0.2) is 36.4 Å². The van der Waals surface area contributed by atoms with Gasteiger partial charge in [-0.3, -0.25) is 14.6 Å². The predicted molar refractivity (Wildman–Crippen MR) is 93.4 cm³/mol. The van der Waals surface area contributed by atoms with Gasteiger partial charge in [0, 0.05) is 43.1 Å². The number of carbonyl (C=O) groups excluding carboxylic acids is 2. The van der Waals surface area contributed by atoms with E-state index in [1.807, 2.05) is 44.2 Å². The van der Waals surface area contributed by atoms with E-state index in [1.54, 1.807) is 4.90 Å². The highest BCUT2D eigenvalue weighted by Gasteiger charge is 2.35. The van der Waals surface area contributed by atoms with E-state index in [9.17, 15) is 9.59 Å². The van der Waals surface area contributed by atoms with Gasteiger partial charge in [0.05, 0.1) is 11.4 Å². The molecule has 3 rings (SSSR count). The van der Waals surface area contributed by atoms with Crippen LogP contribution in [0.4, 0.5) is 0 Å². The summed E-state index contributed by atoms with van der Waals surface area (Å²) >= 11 is 0. The van der Waals surface area contributed by atoms with Gasteiger partial charge < -0.3 is 10.2 Å². The van der Waals surface area contributed by atoms with Crippen molar-refractivity contribution in [2.75, 3.05) is 13.1 Å². The molecule has 5 nitrogen and oxygen atoms in total. The minimum Gasteiger partial charge on any atom is -0.355 e. The number of likely N-dealkylation sites (tertiary alicyclic amines) is 1. The number of rotatable bonds is 5. The fourth-order valence-electron chi connectivity index (χ4n) is 3.11. The minimum absolute atomic E-state index is 0.0349. The van der Waals surface area contributed by atoms with Crippen LogP contribution in [0.1, 0.15) is 26.0 Å². The monoisotopic (exact) mass is 325 g/mol. The number of carbonyl (C=O) groups is 2. The molecule has 5 heteroatoms. The quantitative estimate of drug-likeness (QED) is 0.916. The molecule has 1 aliphatic heterocycles. The molecule has 1 aromatic heterocycles. The molecule has 24 heavy (non-hydrogen) atoms. The maximum Gasteiger partial charge on any atom is 0.225 e. The van der Waals surface area contributed by atoms with Crippen molar-refractivity contribution in [2.24, 2.45) is 5.92 Å². The summed E-state index contributed by atoms with van der Waals surface area (Å²) in [6, 6.07) is 12.2. The molecule has 1 atom stereocenters. The highest BCUT2D eigenvalue weighted by atomic mass is 16.2. The third-order valence-corrected chi connectivity index (χ3v) is 4.49. The van der Waals surface area contributed by atoms with Crippen molar-refractivity contribution in [3.63, 3.8) is 0 Å². The molecule has 1 aliphatic rings. The maximum absolute atomic E-state index is 12.3. The van der Waals surface area contributed by atoms with Gasteiger partial charge in [0.2, 0.25) is 11.8 Å². The lowest BCUT2D eigenvalue weighted by Crippen LogP contribution is -2.36. The Labute approximate surface area is 142 Å². The number of aromatic nitrogens is 1. The summed E-state index contributed by atoms with van der Waals surface area (Å²) in [5, 5.41) is 4.06. The molecule has 1 aromatic carbocycles. The molecule has 0 aliphatic carbocycles. The SMILES string of the molecule is CC(C)N1C[C@@H](C(=O)NCCc2ccc3ccccc3n2)CC1=O. The van der Waals surface area contributed by atoms with Gasteiger partial charge in [0.1, 0.15) is 0 Å². The second-order valence-corrected chi connectivity index (χ2v) is 6.58. The second-order valence-electron chi connectivity index (χ2n) is 6.58. The normalized spacial score (nSPS) is 17.7. The van der Waals surface area contributed by atoms with Crippen LogP contribution in [0, 0.1) is 5.92 Å². The Kier molecular flexibility index (Phi) is 4.79. The summed E-state index contributed by atoms with van der Waals surface area (Å²) in [6.45, 7) is 5.01. The Hall–Kier alpha value is -2.43. The van der Waals surface area contributed by atoms with Crippen LogP contribution < -0.4 is 5.32 Å². The smallest absolute Gasteiger partial charge is 0.225 e. The summed E-state index contributed by atoms with van der Waals surface area (Å²) < 4.78 is 0. The molecule has 1 saturated heterocycles. The van der Waals surface area contributed by atoms with E-state index >= 15 is 0 Å². The molecule has 0 spiro atoms. The zero-order valence-electron chi connectivity index (χ0n) is 14.2. The van der Waals surface area contributed by atoms with Crippen molar-refractivity contribution in [1.82, 2.24) is 15.2 Å². The topological polar surface area (TPSA) is 62.3 Å². The lowest BCUT2D eigenvalue weighted by Gasteiger charge is -2.20. The zero-order valence-corrected chi connectivity index (χ0v) is 14.2. The van der Waals surface area contributed by atoms with Crippen molar-refractivity contribution < 1.29 is 9.59 Å². The molecular formula is C19H23N3O2. The molecule has 2 amide bonds. The minimum atomic E-state index is -0.232. The van der Waals surface area contributed by atoms with E-state index in [4.69, 9.17) is 0 Å². The molecule has 0 bridgehead atoms. The van der Waals surface area contributed by atoms with Crippen molar-refractivity contribution in [3.8, 4) is 0 Å². The van der Waals surface area contributed by atoms with Gasteiger partial charge in [0.25, 0.3) is 0 Å². The lowest BCUT2D eigenvalue weighted by atomic mass is 10.1. The Bertz CT molecular complexity index is 757. The van der Waals surface area contributed by atoms with Gasteiger partial charge >= 0.3 is 0 Å². The Morgan fingerprint density at radius 1 is 1.29 bits per heavy atom. The third-order valence-electron chi connectivity index (χ3n) is 4.49. The van der Waals surface area contributed by atoms with E-state index in [-0.39, 0.29) is 23.8 Å². The van der Waals surface area contributed by atoms with Gasteiger partial charge in [0.15, 0.2) is 0 Å². The van der Waals surface area contributed by atoms with Gasteiger partial charge in [-0.05, 0) is 26.0 Å². The summed E-state index contributed by atoms with van der Waals surface area (Å²) in [6.07, 6.45) is 1.00. The summed E-state index contributed by atoms with van der Waals surface area (Å²) in [5.41, 5.74) is 1.93. The number of nitrogens with zero attached hydrogens (tertiary/aromatic N) is 2. The zero-order chi connectivity index (χ0) is 17.1.